The second-order valence-electron chi connectivity index (χ2n) is 6.07. The zero-order valence-electron chi connectivity index (χ0n) is 14.5. The lowest BCUT2D eigenvalue weighted by Crippen LogP contribution is -2.16. The summed E-state index contributed by atoms with van der Waals surface area (Å²) in [6.07, 6.45) is 0.734. The highest BCUT2D eigenvalue weighted by molar-refractivity contribution is 5.60. The molecule has 0 aliphatic rings. The number of aliphatic hydroxyl groups is 1. The van der Waals surface area contributed by atoms with Crippen LogP contribution in [-0.2, 0) is 13.1 Å². The minimum atomic E-state index is 0.193. The van der Waals surface area contributed by atoms with Gasteiger partial charge in [-0.25, -0.2) is 0 Å². The molecule has 5 heteroatoms. The van der Waals surface area contributed by atoms with E-state index in [1.54, 1.807) is 4.80 Å². The molecular formula is C20H24N4O. The molecule has 0 unspecified atom stereocenters. The Balaban J connectivity index is 1.84. The number of hydrogen-bond donors (Lipinski definition) is 2. The van der Waals surface area contributed by atoms with Crippen LogP contribution in [0.5, 0.6) is 0 Å². The first-order valence-corrected chi connectivity index (χ1v) is 8.63. The van der Waals surface area contributed by atoms with E-state index in [-0.39, 0.29) is 6.61 Å². The van der Waals surface area contributed by atoms with Gasteiger partial charge >= 0.3 is 0 Å². The molecule has 5 nitrogen and oxygen atoms in total. The molecule has 1 aromatic heterocycles. The third-order valence-corrected chi connectivity index (χ3v) is 4.15. The SMILES string of the molecule is Cc1ccccc1Cn1nc(CNCCCO)c(-c2ccccc2)n1. The predicted molar refractivity (Wildman–Crippen MR) is 99.1 cm³/mol. The summed E-state index contributed by atoms with van der Waals surface area (Å²) in [5.41, 5.74) is 5.36. The van der Waals surface area contributed by atoms with Crippen LogP contribution in [0.2, 0.25) is 0 Å². The van der Waals surface area contributed by atoms with E-state index in [1.165, 1.54) is 11.1 Å². The van der Waals surface area contributed by atoms with E-state index in [0.717, 1.165) is 29.9 Å². The van der Waals surface area contributed by atoms with Crippen molar-refractivity contribution in [1.29, 1.82) is 0 Å². The monoisotopic (exact) mass is 336 g/mol. The van der Waals surface area contributed by atoms with E-state index in [4.69, 9.17) is 15.3 Å². The van der Waals surface area contributed by atoms with Crippen molar-refractivity contribution in [3.05, 3.63) is 71.4 Å². The van der Waals surface area contributed by atoms with Crippen molar-refractivity contribution in [1.82, 2.24) is 20.3 Å². The third kappa shape index (κ3) is 4.53. The van der Waals surface area contributed by atoms with Crippen LogP contribution in [0.3, 0.4) is 0 Å². The molecule has 1 heterocycles. The Morgan fingerprint density at radius 3 is 2.52 bits per heavy atom. The van der Waals surface area contributed by atoms with Crippen LogP contribution in [0, 0.1) is 6.92 Å². The molecule has 0 aliphatic heterocycles. The summed E-state index contributed by atoms with van der Waals surface area (Å²) in [4.78, 5) is 1.77. The number of hydrogen-bond acceptors (Lipinski definition) is 4. The van der Waals surface area contributed by atoms with E-state index in [2.05, 4.69) is 36.5 Å². The summed E-state index contributed by atoms with van der Waals surface area (Å²) in [6, 6.07) is 18.4. The summed E-state index contributed by atoms with van der Waals surface area (Å²) in [7, 11) is 0. The molecule has 0 amide bonds. The summed E-state index contributed by atoms with van der Waals surface area (Å²) in [5, 5.41) is 21.7. The fourth-order valence-electron chi connectivity index (χ4n) is 2.74. The first-order valence-electron chi connectivity index (χ1n) is 8.63. The van der Waals surface area contributed by atoms with E-state index in [1.807, 2.05) is 30.3 Å². The van der Waals surface area contributed by atoms with Crippen molar-refractivity contribution in [2.75, 3.05) is 13.2 Å². The number of aryl methyl sites for hydroxylation is 1. The number of nitrogens with zero attached hydrogens (tertiary/aromatic N) is 3. The van der Waals surface area contributed by atoms with Gasteiger partial charge in [0, 0.05) is 18.7 Å². The Kier molecular flexibility index (Phi) is 5.93. The molecule has 0 spiro atoms. The van der Waals surface area contributed by atoms with Crippen molar-refractivity contribution in [2.24, 2.45) is 0 Å². The van der Waals surface area contributed by atoms with Crippen LogP contribution in [0.15, 0.2) is 54.6 Å². The maximum atomic E-state index is 8.92. The van der Waals surface area contributed by atoms with Gasteiger partial charge in [-0.05, 0) is 31.0 Å². The van der Waals surface area contributed by atoms with Crippen molar-refractivity contribution in [3.8, 4) is 11.3 Å². The smallest absolute Gasteiger partial charge is 0.117 e. The number of aliphatic hydroxyl groups excluding tert-OH is 1. The molecule has 3 aromatic rings. The standard InChI is InChI=1S/C20H24N4O/c1-16-8-5-6-11-18(16)15-24-22-19(14-21-12-7-13-25)20(23-24)17-9-3-2-4-10-17/h2-6,8-11,21,25H,7,12-15H2,1H3. The average molecular weight is 336 g/mol. The van der Waals surface area contributed by atoms with Crippen molar-refractivity contribution >= 4 is 0 Å². The first kappa shape index (κ1) is 17.3. The minimum Gasteiger partial charge on any atom is -0.396 e. The second-order valence-corrected chi connectivity index (χ2v) is 6.07. The highest BCUT2D eigenvalue weighted by Gasteiger charge is 2.13. The van der Waals surface area contributed by atoms with Crippen LogP contribution in [0.25, 0.3) is 11.3 Å². The predicted octanol–water partition coefficient (Wildman–Crippen LogP) is 2.77. The van der Waals surface area contributed by atoms with E-state index in [9.17, 15) is 0 Å². The van der Waals surface area contributed by atoms with Gasteiger partial charge in [-0.3, -0.25) is 0 Å². The van der Waals surface area contributed by atoms with Gasteiger partial charge in [0.2, 0.25) is 0 Å². The third-order valence-electron chi connectivity index (χ3n) is 4.15. The van der Waals surface area contributed by atoms with E-state index < -0.39 is 0 Å². The van der Waals surface area contributed by atoms with Crippen molar-refractivity contribution < 1.29 is 5.11 Å². The average Bonchev–Trinajstić information content (AvgIpc) is 3.04. The topological polar surface area (TPSA) is 63.0 Å². The molecule has 0 atom stereocenters. The summed E-state index contributed by atoms with van der Waals surface area (Å²) in [6.45, 7) is 4.35. The Morgan fingerprint density at radius 1 is 1.00 bits per heavy atom. The van der Waals surface area contributed by atoms with Gasteiger partial charge < -0.3 is 10.4 Å². The largest absolute Gasteiger partial charge is 0.396 e. The molecule has 0 fully saturated rings. The molecule has 25 heavy (non-hydrogen) atoms. The van der Waals surface area contributed by atoms with Crippen LogP contribution >= 0.6 is 0 Å². The van der Waals surface area contributed by atoms with Crippen LogP contribution in [0.4, 0.5) is 0 Å². The quantitative estimate of drug-likeness (QED) is 0.621. The zero-order chi connectivity index (χ0) is 17.5. The molecule has 3 rings (SSSR count). The van der Waals surface area contributed by atoms with E-state index in [0.29, 0.717) is 13.1 Å². The van der Waals surface area contributed by atoms with Gasteiger partial charge in [0.05, 0.1) is 6.54 Å². The molecular weight excluding hydrogens is 312 g/mol. The molecule has 0 saturated carbocycles. The highest BCUT2D eigenvalue weighted by atomic mass is 16.3. The van der Waals surface area contributed by atoms with Gasteiger partial charge in [0.15, 0.2) is 0 Å². The summed E-state index contributed by atoms with van der Waals surface area (Å²) < 4.78 is 0. The fourth-order valence-corrected chi connectivity index (χ4v) is 2.74. The lowest BCUT2D eigenvalue weighted by molar-refractivity contribution is 0.286. The van der Waals surface area contributed by atoms with Gasteiger partial charge in [0.1, 0.15) is 11.4 Å². The van der Waals surface area contributed by atoms with Crippen molar-refractivity contribution in [2.45, 2.75) is 26.4 Å². The van der Waals surface area contributed by atoms with Gasteiger partial charge in [-0.2, -0.15) is 15.0 Å². The van der Waals surface area contributed by atoms with Crippen LogP contribution in [0.1, 0.15) is 23.2 Å². The molecule has 0 saturated heterocycles. The minimum absolute atomic E-state index is 0.193. The maximum Gasteiger partial charge on any atom is 0.117 e. The molecule has 130 valence electrons. The summed E-state index contributed by atoms with van der Waals surface area (Å²) in [5.74, 6) is 0. The van der Waals surface area contributed by atoms with Gasteiger partial charge in [0.25, 0.3) is 0 Å². The Morgan fingerprint density at radius 2 is 1.76 bits per heavy atom. The first-order chi connectivity index (χ1) is 12.3. The van der Waals surface area contributed by atoms with Gasteiger partial charge in [-0.15, -0.1) is 0 Å². The number of nitrogens with one attached hydrogen (secondary N) is 1. The zero-order valence-corrected chi connectivity index (χ0v) is 14.5. The maximum absolute atomic E-state index is 8.92. The molecule has 0 radical (unpaired) electrons. The Labute approximate surface area is 148 Å². The Hall–Kier alpha value is -2.50. The van der Waals surface area contributed by atoms with Crippen LogP contribution in [-0.4, -0.2) is 33.3 Å². The lowest BCUT2D eigenvalue weighted by atomic mass is 10.1. The number of rotatable bonds is 8. The molecule has 2 aromatic carbocycles. The molecule has 2 N–H and O–H groups in total. The lowest BCUT2D eigenvalue weighted by Gasteiger charge is -2.04. The van der Waals surface area contributed by atoms with Crippen LogP contribution < -0.4 is 5.32 Å². The normalized spacial score (nSPS) is 11.0. The number of benzene rings is 2. The van der Waals surface area contributed by atoms with Gasteiger partial charge in [-0.1, -0.05) is 54.6 Å². The molecule has 0 bridgehead atoms. The van der Waals surface area contributed by atoms with Crippen molar-refractivity contribution in [3.63, 3.8) is 0 Å². The van der Waals surface area contributed by atoms with E-state index >= 15 is 0 Å². The summed E-state index contributed by atoms with van der Waals surface area (Å²) >= 11 is 0. The molecule has 0 aliphatic carbocycles. The fraction of sp³-hybridized carbons (Fsp3) is 0.300. The number of aromatic nitrogens is 3. The second kappa shape index (κ2) is 8.55. The highest BCUT2D eigenvalue weighted by Crippen LogP contribution is 2.20. The Bertz CT molecular complexity index is 798.